The number of sulfonamides is 1. The maximum Gasteiger partial charge on any atom is 0.241 e. The molecule has 2 aromatic carbocycles. The van der Waals surface area contributed by atoms with Crippen molar-refractivity contribution in [3.63, 3.8) is 0 Å². The number of primary sulfonamides is 1. The fourth-order valence-corrected chi connectivity index (χ4v) is 3.79. The SMILES string of the molecule is Nc1cc(-c2cc(S(N)(=O)=O)c(F)c(F)c2Nc2ccc(I)cc2Cl)on1. The molecule has 0 amide bonds. The smallest absolute Gasteiger partial charge is 0.241 e. The van der Waals surface area contributed by atoms with Crippen LogP contribution < -0.4 is 16.2 Å². The fourth-order valence-electron chi connectivity index (χ4n) is 2.27. The van der Waals surface area contributed by atoms with Crippen LogP contribution in [0.2, 0.25) is 5.02 Å². The third kappa shape index (κ3) is 4.00. The molecule has 0 aliphatic rings. The van der Waals surface area contributed by atoms with Gasteiger partial charge in [0.2, 0.25) is 10.0 Å². The van der Waals surface area contributed by atoms with E-state index >= 15 is 0 Å². The van der Waals surface area contributed by atoms with Gasteiger partial charge in [0, 0.05) is 15.2 Å². The van der Waals surface area contributed by atoms with Crippen molar-refractivity contribution in [3.05, 3.63) is 50.6 Å². The Morgan fingerprint density at radius 3 is 2.44 bits per heavy atom. The van der Waals surface area contributed by atoms with Gasteiger partial charge in [-0.25, -0.2) is 22.3 Å². The van der Waals surface area contributed by atoms with E-state index in [2.05, 4.69) is 10.5 Å². The van der Waals surface area contributed by atoms with Gasteiger partial charge in [-0.3, -0.25) is 0 Å². The van der Waals surface area contributed by atoms with Crippen molar-refractivity contribution in [1.82, 2.24) is 5.16 Å². The van der Waals surface area contributed by atoms with Crippen molar-refractivity contribution < 1.29 is 21.7 Å². The van der Waals surface area contributed by atoms with Gasteiger partial charge in [0.25, 0.3) is 0 Å². The number of aromatic nitrogens is 1. The Morgan fingerprint density at radius 1 is 1.19 bits per heavy atom. The van der Waals surface area contributed by atoms with E-state index < -0.39 is 32.2 Å². The maximum atomic E-state index is 14.7. The van der Waals surface area contributed by atoms with Crippen molar-refractivity contribution in [1.29, 1.82) is 0 Å². The molecule has 0 aliphatic carbocycles. The Kier molecular flexibility index (Phi) is 5.29. The topological polar surface area (TPSA) is 124 Å². The maximum absolute atomic E-state index is 14.7. The molecule has 12 heteroatoms. The monoisotopic (exact) mass is 526 g/mol. The summed E-state index contributed by atoms with van der Waals surface area (Å²) in [6, 6.07) is 6.89. The minimum atomic E-state index is -4.55. The first-order valence-electron chi connectivity index (χ1n) is 7.07. The summed E-state index contributed by atoms with van der Waals surface area (Å²) in [4.78, 5) is -1.04. The zero-order valence-corrected chi connectivity index (χ0v) is 16.9. The summed E-state index contributed by atoms with van der Waals surface area (Å²) in [6.45, 7) is 0. The normalized spacial score (nSPS) is 11.6. The van der Waals surface area contributed by atoms with Gasteiger partial charge >= 0.3 is 0 Å². The first kappa shape index (κ1) is 19.8. The van der Waals surface area contributed by atoms with Crippen LogP contribution >= 0.6 is 34.2 Å². The van der Waals surface area contributed by atoms with E-state index in [1.165, 1.54) is 6.07 Å². The van der Waals surface area contributed by atoms with Crippen LogP contribution in [0.25, 0.3) is 11.3 Å². The summed E-state index contributed by atoms with van der Waals surface area (Å²) in [6.07, 6.45) is 0. The van der Waals surface area contributed by atoms with Gasteiger partial charge in [-0.05, 0) is 46.9 Å². The van der Waals surface area contributed by atoms with Gasteiger partial charge in [0.05, 0.1) is 16.4 Å². The molecule has 0 fully saturated rings. The lowest BCUT2D eigenvalue weighted by atomic mass is 10.1. The molecule has 27 heavy (non-hydrogen) atoms. The standard InChI is InChI=1S/C15H10ClF2IN4O3S/c16-8-3-6(19)1-2-9(8)22-15-7(10-5-12(20)23-26-10)4-11(27(21,24)25)13(17)14(15)18/h1-5,22H,(H2,20,23)(H2,21,24,25). The van der Waals surface area contributed by atoms with E-state index in [1.807, 2.05) is 22.6 Å². The van der Waals surface area contributed by atoms with Crippen LogP contribution in [0.4, 0.5) is 26.0 Å². The average Bonchev–Trinajstić information content (AvgIpc) is 2.99. The van der Waals surface area contributed by atoms with Gasteiger partial charge in [-0.2, -0.15) is 0 Å². The van der Waals surface area contributed by atoms with Crippen LogP contribution in [0.1, 0.15) is 0 Å². The number of benzene rings is 2. The molecular formula is C15H10ClF2IN4O3S. The molecule has 0 radical (unpaired) electrons. The zero-order chi connectivity index (χ0) is 19.9. The first-order chi connectivity index (χ1) is 12.6. The number of hydrogen-bond acceptors (Lipinski definition) is 6. The number of halogens is 4. The summed E-state index contributed by atoms with van der Waals surface area (Å²) in [5.41, 5.74) is 5.18. The van der Waals surface area contributed by atoms with E-state index in [0.717, 1.165) is 9.64 Å². The molecule has 3 aromatic rings. The number of anilines is 3. The number of nitrogens with one attached hydrogen (secondary N) is 1. The second kappa shape index (κ2) is 7.22. The molecule has 0 saturated carbocycles. The Hall–Kier alpha value is -1.96. The Bertz CT molecular complexity index is 1150. The Labute approximate surface area is 170 Å². The van der Waals surface area contributed by atoms with Gasteiger partial charge in [-0.1, -0.05) is 16.8 Å². The fraction of sp³-hybridized carbons (Fsp3) is 0. The van der Waals surface area contributed by atoms with Crippen molar-refractivity contribution >= 4 is 61.4 Å². The van der Waals surface area contributed by atoms with Gasteiger partial charge < -0.3 is 15.6 Å². The molecule has 5 N–H and O–H groups in total. The number of nitrogens with two attached hydrogens (primary N) is 2. The summed E-state index contributed by atoms with van der Waals surface area (Å²) < 4.78 is 58.1. The minimum Gasteiger partial charge on any atom is -0.381 e. The summed E-state index contributed by atoms with van der Waals surface area (Å²) in [5, 5.41) is 11.3. The first-order valence-corrected chi connectivity index (χ1v) is 10.1. The highest BCUT2D eigenvalue weighted by atomic mass is 127. The van der Waals surface area contributed by atoms with E-state index in [0.29, 0.717) is 0 Å². The summed E-state index contributed by atoms with van der Waals surface area (Å²) in [7, 11) is -4.55. The number of hydrogen-bond donors (Lipinski definition) is 3. The molecule has 0 aliphatic heterocycles. The molecule has 1 heterocycles. The van der Waals surface area contributed by atoms with Crippen LogP contribution in [-0.2, 0) is 10.0 Å². The van der Waals surface area contributed by atoms with Crippen molar-refractivity contribution in [2.75, 3.05) is 11.1 Å². The van der Waals surface area contributed by atoms with Crippen LogP contribution in [0.3, 0.4) is 0 Å². The van der Waals surface area contributed by atoms with Crippen LogP contribution in [0.5, 0.6) is 0 Å². The molecule has 0 bridgehead atoms. The molecule has 1 aromatic heterocycles. The summed E-state index contributed by atoms with van der Waals surface area (Å²) >= 11 is 8.16. The Morgan fingerprint density at radius 2 is 1.89 bits per heavy atom. The largest absolute Gasteiger partial charge is 0.381 e. The third-order valence-corrected chi connectivity index (χ3v) is 5.36. The van der Waals surface area contributed by atoms with E-state index in [9.17, 15) is 17.2 Å². The van der Waals surface area contributed by atoms with Crippen LogP contribution in [-0.4, -0.2) is 13.6 Å². The van der Waals surface area contributed by atoms with Crippen LogP contribution in [0.15, 0.2) is 39.8 Å². The third-order valence-electron chi connectivity index (χ3n) is 3.46. The molecular weight excluding hydrogens is 517 g/mol. The van der Waals surface area contributed by atoms with E-state index in [-0.39, 0.29) is 27.9 Å². The molecule has 0 spiro atoms. The quantitative estimate of drug-likeness (QED) is 0.444. The van der Waals surface area contributed by atoms with Gasteiger partial charge in [0.15, 0.2) is 23.2 Å². The second-order valence-electron chi connectivity index (χ2n) is 5.34. The van der Waals surface area contributed by atoms with Crippen LogP contribution in [0, 0.1) is 15.2 Å². The summed E-state index contributed by atoms with van der Waals surface area (Å²) in [5.74, 6) is -3.26. The van der Waals surface area contributed by atoms with Crippen molar-refractivity contribution in [2.24, 2.45) is 5.14 Å². The number of nitrogen functional groups attached to an aromatic ring is 1. The number of nitrogens with zero attached hydrogens (tertiary/aromatic N) is 1. The predicted octanol–water partition coefficient (Wildman–Crippen LogP) is 3.85. The predicted molar refractivity (Wildman–Crippen MR) is 105 cm³/mol. The highest BCUT2D eigenvalue weighted by molar-refractivity contribution is 14.1. The lowest BCUT2D eigenvalue weighted by molar-refractivity contribution is 0.434. The van der Waals surface area contributed by atoms with E-state index in [4.69, 9.17) is 27.0 Å². The van der Waals surface area contributed by atoms with Gasteiger partial charge in [0.1, 0.15) is 4.90 Å². The van der Waals surface area contributed by atoms with Crippen molar-refractivity contribution in [2.45, 2.75) is 4.90 Å². The molecule has 142 valence electrons. The van der Waals surface area contributed by atoms with Gasteiger partial charge in [-0.15, -0.1) is 0 Å². The lowest BCUT2D eigenvalue weighted by Crippen LogP contribution is -2.16. The molecule has 0 atom stereocenters. The average molecular weight is 527 g/mol. The van der Waals surface area contributed by atoms with Crippen molar-refractivity contribution in [3.8, 4) is 11.3 Å². The Balaban J connectivity index is 2.27. The van der Waals surface area contributed by atoms with E-state index in [1.54, 1.807) is 18.2 Å². The zero-order valence-electron chi connectivity index (χ0n) is 13.1. The molecule has 7 nitrogen and oxygen atoms in total. The number of rotatable bonds is 4. The minimum absolute atomic E-state index is 0.0369. The highest BCUT2D eigenvalue weighted by Crippen LogP contribution is 2.39. The lowest BCUT2D eigenvalue weighted by Gasteiger charge is -2.15. The second-order valence-corrected chi connectivity index (χ2v) is 8.52. The molecule has 0 saturated heterocycles. The molecule has 0 unspecified atom stereocenters. The molecule has 3 rings (SSSR count). The highest BCUT2D eigenvalue weighted by Gasteiger charge is 2.27.